The van der Waals surface area contributed by atoms with Crippen LogP contribution < -0.4 is 35.0 Å². The number of aromatic nitrogens is 1. The summed E-state index contributed by atoms with van der Waals surface area (Å²) in [4.78, 5) is 32.1. The molecule has 7 nitrogen and oxygen atoms in total. The van der Waals surface area contributed by atoms with Crippen molar-refractivity contribution < 1.29 is 42.3 Å². The Morgan fingerprint density at radius 2 is 2.06 bits per heavy atom. The number of nitrogens with two attached hydrogens (primary N) is 1. The second kappa shape index (κ2) is 8.10. The van der Waals surface area contributed by atoms with Crippen molar-refractivity contribution in [3.63, 3.8) is 0 Å². The van der Waals surface area contributed by atoms with Crippen molar-refractivity contribution in [2.75, 3.05) is 5.32 Å². The van der Waals surface area contributed by atoms with Crippen molar-refractivity contribution in [1.82, 2.24) is 4.98 Å². The average molecular weight is 459 g/mol. The summed E-state index contributed by atoms with van der Waals surface area (Å²) in [6, 6.07) is 4.88. The predicted molar refractivity (Wildman–Crippen MR) is 106 cm³/mol. The summed E-state index contributed by atoms with van der Waals surface area (Å²) in [7, 11) is 0. The van der Waals surface area contributed by atoms with E-state index in [0.717, 1.165) is 17.8 Å². The smallest absolute Gasteiger partial charge is 0.549 e. The first-order chi connectivity index (χ1) is 14.1. The number of thioether (sulfide) groups is 1. The molecule has 12 heteroatoms. The van der Waals surface area contributed by atoms with Crippen molar-refractivity contribution in [2.24, 2.45) is 16.6 Å². The summed E-state index contributed by atoms with van der Waals surface area (Å²) in [5.74, 6) is -5.06. The molecule has 4 rings (SSSR count). The third-order valence-corrected chi connectivity index (χ3v) is 6.86. The summed E-state index contributed by atoms with van der Waals surface area (Å²) in [5.41, 5.74) is 4.12. The third-order valence-electron chi connectivity index (χ3n) is 5.35. The Labute approximate surface area is 197 Å². The number of fused-ring (bicyclic) bond motifs is 1. The van der Waals surface area contributed by atoms with Gasteiger partial charge in [-0.15, -0.1) is 0 Å². The van der Waals surface area contributed by atoms with Gasteiger partial charge in [0.2, 0.25) is 0 Å². The molecule has 0 radical (unpaired) electrons. The number of aliphatic imine (C=N–C) groups is 1. The Bertz CT molecular complexity index is 1120. The van der Waals surface area contributed by atoms with Crippen LogP contribution in [0, 0.1) is 17.6 Å². The number of carbonyl (C=O) groups excluding carboxylic acids is 2. The Hall–Kier alpha value is -2.12. The van der Waals surface area contributed by atoms with Crippen LogP contribution in [0.2, 0.25) is 5.02 Å². The van der Waals surface area contributed by atoms with E-state index in [9.17, 15) is 23.5 Å². The van der Waals surface area contributed by atoms with Crippen LogP contribution in [0.4, 0.5) is 14.5 Å². The van der Waals surface area contributed by atoms with E-state index in [0.29, 0.717) is 5.02 Å². The molecule has 1 amide bonds. The van der Waals surface area contributed by atoms with Gasteiger partial charge in [0.1, 0.15) is 5.69 Å². The number of nitrogens with one attached hydrogen (secondary N) is 1. The molecule has 0 bridgehead atoms. The van der Waals surface area contributed by atoms with Gasteiger partial charge in [0.25, 0.3) is 5.91 Å². The number of carboxylic acid groups (broad SMARTS) is 1. The quantitative estimate of drug-likeness (QED) is 0.570. The molecule has 1 aromatic carbocycles. The molecule has 1 aliphatic heterocycles. The number of amidine groups is 1. The van der Waals surface area contributed by atoms with E-state index in [1.54, 1.807) is 0 Å². The molecule has 2 aromatic rings. The van der Waals surface area contributed by atoms with Crippen LogP contribution >= 0.6 is 23.4 Å². The van der Waals surface area contributed by atoms with Gasteiger partial charge >= 0.3 is 18.9 Å². The zero-order valence-corrected chi connectivity index (χ0v) is 18.0. The monoisotopic (exact) mass is 458 g/mol. The van der Waals surface area contributed by atoms with E-state index in [2.05, 4.69) is 15.3 Å². The molecule has 156 valence electrons. The van der Waals surface area contributed by atoms with Gasteiger partial charge in [-0.2, -0.15) is 0 Å². The summed E-state index contributed by atoms with van der Waals surface area (Å²) in [6.45, 7) is 1.49. The van der Waals surface area contributed by atoms with E-state index in [1.807, 2.05) is 0 Å². The van der Waals surface area contributed by atoms with Crippen molar-refractivity contribution >= 4 is 46.1 Å². The normalized spacial score (nSPS) is 26.2. The van der Waals surface area contributed by atoms with Crippen LogP contribution in [-0.2, 0) is 10.3 Å². The number of carbonyl (C=O) groups is 2. The Kier molecular flexibility index (Phi) is 6.15. The van der Waals surface area contributed by atoms with E-state index in [-0.39, 0.29) is 47.4 Å². The first kappa shape index (κ1) is 23.5. The Morgan fingerprint density at radius 1 is 1.35 bits per heavy atom. The number of hydrogen-bond acceptors (Lipinski definition) is 7. The van der Waals surface area contributed by atoms with Gasteiger partial charge in [-0.3, -0.25) is 9.79 Å². The molecule has 2 aliphatic rings. The minimum atomic E-state index is -1.44. The first-order valence-corrected chi connectivity index (χ1v) is 9.94. The van der Waals surface area contributed by atoms with Gasteiger partial charge in [0, 0.05) is 29.4 Å². The van der Waals surface area contributed by atoms with Gasteiger partial charge in [-0.05, 0) is 31.5 Å². The number of nitrogens with zero attached hydrogens (tertiary/aromatic N) is 2. The molecule has 0 spiro atoms. The molecule has 1 saturated carbocycles. The second-order valence-electron chi connectivity index (χ2n) is 7.27. The molecular weight excluding hydrogens is 445 g/mol. The number of aliphatic carboxylic acids is 1. The number of benzene rings is 1. The molecule has 2 heterocycles. The zero-order chi connectivity index (χ0) is 21.8. The van der Waals surface area contributed by atoms with Gasteiger partial charge in [0.05, 0.1) is 21.3 Å². The van der Waals surface area contributed by atoms with E-state index in [1.165, 1.54) is 31.3 Å². The number of hydrogen-bond donors (Lipinski definition) is 2. The third kappa shape index (κ3) is 3.93. The van der Waals surface area contributed by atoms with Crippen LogP contribution in [0.5, 0.6) is 0 Å². The van der Waals surface area contributed by atoms with Gasteiger partial charge in [-0.25, -0.2) is 13.8 Å². The number of carboxylic acids is 1. The topological polar surface area (TPSA) is 120 Å². The summed E-state index contributed by atoms with van der Waals surface area (Å²) >= 11 is 6.60. The fourth-order valence-corrected chi connectivity index (χ4v) is 5.20. The largest absolute Gasteiger partial charge is 1.00 e. The van der Waals surface area contributed by atoms with Crippen molar-refractivity contribution in [3.8, 4) is 0 Å². The second-order valence-corrected chi connectivity index (χ2v) is 9.06. The van der Waals surface area contributed by atoms with Crippen LogP contribution in [-0.4, -0.2) is 26.8 Å². The van der Waals surface area contributed by atoms with Crippen LogP contribution in [0.25, 0.3) is 0 Å². The van der Waals surface area contributed by atoms with Crippen LogP contribution in [0.15, 0.2) is 35.5 Å². The molecular formula is C19H14ClF2LiN4O3S. The maximum Gasteiger partial charge on any atom is 1.00 e. The molecule has 1 aromatic heterocycles. The van der Waals surface area contributed by atoms with Gasteiger partial charge < -0.3 is 21.0 Å². The molecule has 1 aliphatic carbocycles. The minimum absolute atomic E-state index is 0. The Balaban J connectivity index is 0.00000272. The molecule has 1 fully saturated rings. The average Bonchev–Trinajstić information content (AvgIpc) is 3.42. The zero-order valence-electron chi connectivity index (χ0n) is 16.4. The summed E-state index contributed by atoms with van der Waals surface area (Å²) < 4.78 is 27.8. The Morgan fingerprint density at radius 3 is 2.68 bits per heavy atom. The van der Waals surface area contributed by atoms with Crippen LogP contribution in [0.3, 0.4) is 0 Å². The number of pyridine rings is 1. The fourth-order valence-electron chi connectivity index (χ4n) is 3.78. The van der Waals surface area contributed by atoms with E-state index >= 15 is 0 Å². The maximum absolute atomic E-state index is 14.8. The van der Waals surface area contributed by atoms with Gasteiger partial charge in [-0.1, -0.05) is 23.4 Å². The van der Waals surface area contributed by atoms with Crippen molar-refractivity contribution in [1.29, 1.82) is 0 Å². The molecule has 31 heavy (non-hydrogen) atoms. The minimum Gasteiger partial charge on any atom is -0.549 e. The van der Waals surface area contributed by atoms with E-state index < -0.39 is 39.7 Å². The molecule has 0 unspecified atom stereocenters. The number of halogens is 3. The van der Waals surface area contributed by atoms with Crippen molar-refractivity contribution in [3.05, 3.63) is 58.4 Å². The van der Waals surface area contributed by atoms with E-state index in [4.69, 9.17) is 17.3 Å². The van der Waals surface area contributed by atoms with Crippen molar-refractivity contribution in [2.45, 2.75) is 23.6 Å². The summed E-state index contributed by atoms with van der Waals surface area (Å²) in [6.07, 6.45) is 1.42. The maximum atomic E-state index is 14.8. The number of rotatable bonds is 4. The number of amides is 1. The fraction of sp³-hybridized carbons (Fsp3) is 0.263. The van der Waals surface area contributed by atoms with Crippen LogP contribution in [0.1, 0.15) is 29.4 Å². The van der Waals surface area contributed by atoms with Gasteiger partial charge in [0.15, 0.2) is 16.8 Å². The molecule has 3 atom stereocenters. The SMILES string of the molecule is C[C@]1(c2cc(NC(=O)c3ccc(Cl)cn3)cc(F)c2F)N=C(N)S[C@@]2(C(=O)[O-])C[C@H]21.[Li+]. The molecule has 3 N–H and O–H groups in total. The summed E-state index contributed by atoms with van der Waals surface area (Å²) in [5, 5.41) is 14.4. The standard InChI is InChI=1S/C19H15ClF2N4O3S.Li/c1-18(13-6-19(13,16(28)29)30-17(23)26-18)10-4-9(5-11(21)14(10)22)25-15(27)12-3-2-8(20)7-24-12;/h2-5,7,13H,6H2,1H3,(H2,23,26)(H,25,27)(H,28,29);/q;+1/p-1/t13-,18+,19-;/m0./s1. The first-order valence-electron chi connectivity index (χ1n) is 8.75. The molecule has 0 saturated heterocycles. The predicted octanol–water partition coefficient (Wildman–Crippen LogP) is -0.945. The number of anilines is 1.